The number of hydrogen-bond acceptors (Lipinski definition) is 5. The fraction of sp³-hybridized carbons (Fsp3) is 0.208. The number of amides is 1. The number of carbonyl (C=O) groups excluding carboxylic acids is 1. The van der Waals surface area contributed by atoms with Crippen LogP contribution in [0.25, 0.3) is 0 Å². The van der Waals surface area contributed by atoms with Gasteiger partial charge in [-0.15, -0.1) is 0 Å². The number of nitrogens with one attached hydrogen (secondary N) is 2. The lowest BCUT2D eigenvalue weighted by Gasteiger charge is -2.12. The molecular weight excluding hydrogens is 469 g/mol. The van der Waals surface area contributed by atoms with E-state index in [2.05, 4.69) is 20.6 Å². The molecule has 1 aromatic heterocycles. The Balaban J connectivity index is 1.31. The van der Waals surface area contributed by atoms with Crippen LogP contribution in [0.1, 0.15) is 23.2 Å². The molecule has 176 valence electrons. The Labute approximate surface area is 198 Å². The lowest BCUT2D eigenvalue weighted by Crippen LogP contribution is -2.20. The molecule has 0 saturated heterocycles. The summed E-state index contributed by atoms with van der Waals surface area (Å²) in [7, 11) is 0. The van der Waals surface area contributed by atoms with Crippen LogP contribution in [0.5, 0.6) is 11.5 Å². The Morgan fingerprint density at radius 3 is 2.59 bits per heavy atom. The second kappa shape index (κ2) is 10.1. The van der Waals surface area contributed by atoms with Gasteiger partial charge in [-0.05, 0) is 48.4 Å². The van der Waals surface area contributed by atoms with Crippen molar-refractivity contribution in [1.29, 1.82) is 0 Å². The molecule has 10 heteroatoms. The molecule has 1 aliphatic rings. The summed E-state index contributed by atoms with van der Waals surface area (Å²) in [6, 6.07) is 14.1. The molecule has 0 atom stereocenters. The number of anilines is 1. The minimum absolute atomic E-state index is 0.0426. The standard InChI is InChI=1S/C24H20ClF3N4O2/c25-20-7-4-16(13-19(20)24(26,27)28)32-22(33)8-3-15-1-5-17(6-2-15)34-18-9-10-29-21(14-18)23-30-11-12-31-23/h1-2,4-7,9-10,13-14H,3,8,11-12H2,(H,30,31)(H,32,33). The number of hydrogen-bond donors (Lipinski definition) is 2. The fourth-order valence-corrected chi connectivity index (χ4v) is 3.56. The van der Waals surface area contributed by atoms with Gasteiger partial charge in [0.25, 0.3) is 0 Å². The predicted octanol–water partition coefficient (Wildman–Crippen LogP) is 5.47. The second-order valence-corrected chi connectivity index (χ2v) is 7.93. The first-order valence-electron chi connectivity index (χ1n) is 10.5. The van der Waals surface area contributed by atoms with Gasteiger partial charge in [0.2, 0.25) is 5.91 Å². The van der Waals surface area contributed by atoms with Crippen LogP contribution in [0.2, 0.25) is 5.02 Å². The number of benzene rings is 2. The number of aliphatic imine (C=N–C) groups is 1. The third-order valence-corrected chi connectivity index (χ3v) is 5.33. The van der Waals surface area contributed by atoms with Gasteiger partial charge < -0.3 is 15.4 Å². The van der Waals surface area contributed by atoms with E-state index < -0.39 is 22.7 Å². The summed E-state index contributed by atoms with van der Waals surface area (Å²) in [6.45, 7) is 1.51. The Kier molecular flexibility index (Phi) is 7.02. The highest BCUT2D eigenvalue weighted by Crippen LogP contribution is 2.36. The van der Waals surface area contributed by atoms with Crippen molar-refractivity contribution in [2.24, 2.45) is 4.99 Å². The van der Waals surface area contributed by atoms with Crippen molar-refractivity contribution in [2.45, 2.75) is 19.0 Å². The van der Waals surface area contributed by atoms with Crippen LogP contribution in [-0.2, 0) is 17.4 Å². The molecule has 4 rings (SSSR count). The molecule has 2 heterocycles. The zero-order chi connectivity index (χ0) is 24.1. The number of aryl methyl sites for hydroxylation is 1. The second-order valence-electron chi connectivity index (χ2n) is 7.52. The summed E-state index contributed by atoms with van der Waals surface area (Å²) in [5.74, 6) is 1.58. The smallest absolute Gasteiger partial charge is 0.417 e. The molecule has 2 aromatic carbocycles. The molecular formula is C24H20ClF3N4O2. The number of halogens is 4. The molecule has 1 aliphatic heterocycles. The van der Waals surface area contributed by atoms with E-state index in [4.69, 9.17) is 16.3 Å². The summed E-state index contributed by atoms with van der Waals surface area (Å²) in [5.41, 5.74) is 0.646. The highest BCUT2D eigenvalue weighted by atomic mass is 35.5. The van der Waals surface area contributed by atoms with Crippen LogP contribution < -0.4 is 15.4 Å². The first-order valence-corrected chi connectivity index (χ1v) is 10.8. The van der Waals surface area contributed by atoms with Crippen molar-refractivity contribution in [3.05, 3.63) is 82.6 Å². The summed E-state index contributed by atoms with van der Waals surface area (Å²) in [6.07, 6.45) is -2.43. The van der Waals surface area contributed by atoms with Gasteiger partial charge >= 0.3 is 6.18 Å². The van der Waals surface area contributed by atoms with Crippen molar-refractivity contribution in [3.63, 3.8) is 0 Å². The molecule has 2 N–H and O–H groups in total. The van der Waals surface area contributed by atoms with Crippen molar-refractivity contribution in [3.8, 4) is 11.5 Å². The van der Waals surface area contributed by atoms with Crippen LogP contribution in [0.4, 0.5) is 18.9 Å². The van der Waals surface area contributed by atoms with E-state index in [9.17, 15) is 18.0 Å². The van der Waals surface area contributed by atoms with Gasteiger partial charge in [-0.25, -0.2) is 0 Å². The summed E-state index contributed by atoms with van der Waals surface area (Å²) in [4.78, 5) is 20.8. The van der Waals surface area contributed by atoms with Crippen molar-refractivity contribution in [2.75, 3.05) is 18.4 Å². The van der Waals surface area contributed by atoms with Crippen LogP contribution >= 0.6 is 11.6 Å². The molecule has 1 amide bonds. The van der Waals surface area contributed by atoms with Crippen molar-refractivity contribution >= 4 is 29.0 Å². The maximum absolute atomic E-state index is 13.0. The fourth-order valence-electron chi connectivity index (χ4n) is 3.34. The molecule has 0 saturated carbocycles. The third-order valence-electron chi connectivity index (χ3n) is 5.00. The molecule has 0 radical (unpaired) electrons. The van der Waals surface area contributed by atoms with E-state index in [1.54, 1.807) is 30.5 Å². The van der Waals surface area contributed by atoms with Gasteiger partial charge in [-0.2, -0.15) is 13.2 Å². The normalized spacial score (nSPS) is 13.2. The third kappa shape index (κ3) is 6.05. The monoisotopic (exact) mass is 488 g/mol. The van der Waals surface area contributed by atoms with Crippen LogP contribution in [0, 0.1) is 0 Å². The Hall–Kier alpha value is -3.59. The van der Waals surface area contributed by atoms with Crippen molar-refractivity contribution in [1.82, 2.24) is 10.3 Å². The first kappa shape index (κ1) is 23.6. The lowest BCUT2D eigenvalue weighted by atomic mass is 10.1. The van der Waals surface area contributed by atoms with E-state index in [1.165, 1.54) is 6.07 Å². The maximum Gasteiger partial charge on any atom is 0.417 e. The van der Waals surface area contributed by atoms with Crippen LogP contribution in [-0.4, -0.2) is 29.8 Å². The Morgan fingerprint density at radius 1 is 1.09 bits per heavy atom. The zero-order valence-electron chi connectivity index (χ0n) is 17.8. The molecule has 0 aliphatic carbocycles. The summed E-state index contributed by atoms with van der Waals surface area (Å²) >= 11 is 5.61. The highest BCUT2D eigenvalue weighted by Gasteiger charge is 2.33. The van der Waals surface area contributed by atoms with E-state index >= 15 is 0 Å². The number of ether oxygens (including phenoxy) is 1. The largest absolute Gasteiger partial charge is 0.457 e. The minimum atomic E-state index is -4.60. The number of amidine groups is 1. The van der Waals surface area contributed by atoms with Crippen LogP contribution in [0.3, 0.4) is 0 Å². The van der Waals surface area contributed by atoms with Crippen LogP contribution in [0.15, 0.2) is 65.8 Å². The number of rotatable bonds is 7. The molecule has 0 unspecified atom stereocenters. The number of alkyl halides is 3. The van der Waals surface area contributed by atoms with E-state index in [1.807, 2.05) is 12.1 Å². The summed E-state index contributed by atoms with van der Waals surface area (Å²) in [5, 5.41) is 5.23. The molecule has 6 nitrogen and oxygen atoms in total. The average Bonchev–Trinajstić information content (AvgIpc) is 3.35. The van der Waals surface area contributed by atoms with E-state index in [-0.39, 0.29) is 12.1 Å². The number of nitrogens with zero attached hydrogens (tertiary/aromatic N) is 2. The Bertz CT molecular complexity index is 1210. The van der Waals surface area contributed by atoms with E-state index in [0.29, 0.717) is 23.6 Å². The molecule has 0 bridgehead atoms. The summed E-state index contributed by atoms with van der Waals surface area (Å²) < 4.78 is 44.8. The minimum Gasteiger partial charge on any atom is -0.457 e. The number of aromatic nitrogens is 1. The Morgan fingerprint density at radius 2 is 1.88 bits per heavy atom. The average molecular weight is 489 g/mol. The van der Waals surface area contributed by atoms with Gasteiger partial charge in [-0.3, -0.25) is 14.8 Å². The zero-order valence-corrected chi connectivity index (χ0v) is 18.6. The van der Waals surface area contributed by atoms with E-state index in [0.717, 1.165) is 36.6 Å². The molecule has 0 fully saturated rings. The number of pyridine rings is 1. The lowest BCUT2D eigenvalue weighted by molar-refractivity contribution is -0.137. The number of carbonyl (C=O) groups is 1. The molecule has 34 heavy (non-hydrogen) atoms. The van der Waals surface area contributed by atoms with Gasteiger partial charge in [0.1, 0.15) is 23.0 Å². The van der Waals surface area contributed by atoms with Gasteiger partial charge in [-0.1, -0.05) is 23.7 Å². The predicted molar refractivity (Wildman–Crippen MR) is 124 cm³/mol. The topological polar surface area (TPSA) is 75.6 Å². The van der Waals surface area contributed by atoms with Gasteiger partial charge in [0.15, 0.2) is 0 Å². The highest BCUT2D eigenvalue weighted by molar-refractivity contribution is 6.31. The molecule has 3 aromatic rings. The first-order chi connectivity index (χ1) is 16.3. The van der Waals surface area contributed by atoms with Gasteiger partial charge in [0, 0.05) is 30.9 Å². The quantitative estimate of drug-likeness (QED) is 0.462. The van der Waals surface area contributed by atoms with Gasteiger partial charge in [0.05, 0.1) is 17.1 Å². The maximum atomic E-state index is 13.0. The SMILES string of the molecule is O=C(CCc1ccc(Oc2ccnc(C3=NCCN3)c2)cc1)Nc1ccc(Cl)c(C(F)(F)F)c1. The molecule has 0 spiro atoms. The van der Waals surface area contributed by atoms with Crippen molar-refractivity contribution < 1.29 is 22.7 Å².